The number of hydrogen-bond donors (Lipinski definition) is 4. The van der Waals surface area contributed by atoms with E-state index in [1.807, 2.05) is 42.5 Å². The number of thiophene rings is 1. The van der Waals surface area contributed by atoms with E-state index in [4.69, 9.17) is 50.4 Å². The summed E-state index contributed by atoms with van der Waals surface area (Å²) in [5, 5.41) is 16.4. The maximum atomic E-state index is 14.3. The Bertz CT molecular complexity index is 1740. The molecule has 1 aromatic heterocycles. The zero-order chi connectivity index (χ0) is 33.6. The van der Waals surface area contributed by atoms with Crippen LogP contribution in [0.5, 0.6) is 5.75 Å². The molecule has 1 aliphatic heterocycles. The van der Waals surface area contributed by atoms with Crippen molar-refractivity contribution in [1.29, 1.82) is 0 Å². The Morgan fingerprint density at radius 1 is 0.957 bits per heavy atom. The Morgan fingerprint density at radius 2 is 1.64 bits per heavy atom. The van der Waals surface area contributed by atoms with Gasteiger partial charge in [0.25, 0.3) is 5.91 Å². The lowest BCUT2D eigenvalue weighted by Gasteiger charge is -2.40. The number of primary amides is 1. The highest BCUT2D eigenvalue weighted by molar-refractivity contribution is 7.18. The van der Waals surface area contributed by atoms with Gasteiger partial charge in [-0.3, -0.25) is 19.7 Å². The van der Waals surface area contributed by atoms with Gasteiger partial charge >= 0.3 is 0 Å². The Labute approximate surface area is 291 Å². The normalized spacial score (nSPS) is 14.1. The highest BCUT2D eigenvalue weighted by atomic mass is 35.5. The van der Waals surface area contributed by atoms with E-state index in [0.29, 0.717) is 61.1 Å². The molecule has 3 amide bonds. The van der Waals surface area contributed by atoms with Gasteiger partial charge in [-0.1, -0.05) is 83.3 Å². The van der Waals surface area contributed by atoms with E-state index in [-0.39, 0.29) is 32.1 Å². The number of piperidine rings is 1. The average Bonchev–Trinajstić information content (AvgIpc) is 3.45. The number of amides is 3. The van der Waals surface area contributed by atoms with Gasteiger partial charge in [-0.05, 0) is 48.2 Å². The van der Waals surface area contributed by atoms with Crippen molar-refractivity contribution in [2.45, 2.75) is 24.9 Å². The molecule has 5 N–H and O–H groups in total. The van der Waals surface area contributed by atoms with Crippen LogP contribution in [-0.4, -0.2) is 66.1 Å². The minimum atomic E-state index is -0.969. The molecule has 0 spiro atoms. The van der Waals surface area contributed by atoms with Crippen LogP contribution in [-0.2, 0) is 16.1 Å². The van der Waals surface area contributed by atoms with Gasteiger partial charge in [0.05, 0.1) is 11.6 Å². The molecule has 13 heteroatoms. The molecule has 1 saturated heterocycles. The third-order valence-electron chi connectivity index (χ3n) is 8.03. The Hall–Kier alpha value is -3.64. The summed E-state index contributed by atoms with van der Waals surface area (Å²) in [6.07, 6.45) is 0.658. The average molecular weight is 716 g/mol. The fourth-order valence-corrected chi connectivity index (χ4v) is 7.41. The molecule has 2 heterocycles. The van der Waals surface area contributed by atoms with Crippen molar-refractivity contribution < 1.29 is 24.2 Å². The quantitative estimate of drug-likeness (QED) is 0.138. The maximum absolute atomic E-state index is 14.3. The van der Waals surface area contributed by atoms with Crippen LogP contribution in [0, 0.1) is 0 Å². The van der Waals surface area contributed by atoms with E-state index in [1.165, 1.54) is 11.3 Å². The number of aliphatic hydroxyl groups excluding tert-OH is 1. The monoisotopic (exact) mass is 714 g/mol. The summed E-state index contributed by atoms with van der Waals surface area (Å²) in [5.74, 6) is -0.975. The number of nitrogens with one attached hydrogen (secondary N) is 2. The molecule has 1 aliphatic rings. The van der Waals surface area contributed by atoms with E-state index in [2.05, 4.69) is 10.6 Å². The number of ether oxygens (including phenoxy) is 1. The second kappa shape index (κ2) is 15.5. The first-order chi connectivity index (χ1) is 22.6. The van der Waals surface area contributed by atoms with E-state index in [1.54, 1.807) is 35.2 Å². The lowest BCUT2D eigenvalue weighted by molar-refractivity contribution is -0.126. The van der Waals surface area contributed by atoms with Crippen molar-refractivity contribution in [3.8, 4) is 27.3 Å². The second-order valence-corrected chi connectivity index (χ2v) is 13.3. The van der Waals surface area contributed by atoms with Gasteiger partial charge in [-0.2, -0.15) is 0 Å². The van der Waals surface area contributed by atoms with Crippen LogP contribution in [0.4, 0.5) is 0 Å². The summed E-state index contributed by atoms with van der Waals surface area (Å²) in [5.41, 5.74) is 7.97. The van der Waals surface area contributed by atoms with Crippen LogP contribution in [0.15, 0.2) is 72.8 Å². The number of aliphatic hydroxyl groups is 1. The molecule has 4 aromatic rings. The number of benzene rings is 3. The zero-order valence-electron chi connectivity index (χ0n) is 25.2. The third-order valence-corrected chi connectivity index (χ3v) is 10.0. The van der Waals surface area contributed by atoms with E-state index in [9.17, 15) is 14.4 Å². The number of carbonyl (C=O) groups is 3. The standard InChI is InChI=1S/C34H33Cl3N4O5S/c35-23-8-6-22(7-9-23)28-29(46-17-14-39-27(43)20-42)31(47-30(28)25-11-10-24(36)18-26(25)37)32(44)41-15-12-34(13-16-41,33(38)45)40-19-21-4-2-1-3-5-21/h1-11,18,40,42H,12-17,19-20H2,(H2,38,45)(H,39,43). The molecule has 5 rings (SSSR count). The van der Waals surface area contributed by atoms with E-state index >= 15 is 0 Å². The summed E-state index contributed by atoms with van der Waals surface area (Å²) in [4.78, 5) is 41.4. The smallest absolute Gasteiger partial charge is 0.267 e. The van der Waals surface area contributed by atoms with Crippen LogP contribution >= 0.6 is 46.1 Å². The number of nitrogens with two attached hydrogens (primary N) is 1. The van der Waals surface area contributed by atoms with Crippen LogP contribution < -0.4 is 21.1 Å². The Morgan fingerprint density at radius 3 is 2.28 bits per heavy atom. The van der Waals surface area contributed by atoms with E-state index in [0.717, 1.165) is 11.1 Å². The fourth-order valence-electron chi connectivity index (χ4n) is 5.45. The van der Waals surface area contributed by atoms with Crippen molar-refractivity contribution >= 4 is 63.9 Å². The topological polar surface area (TPSA) is 134 Å². The van der Waals surface area contributed by atoms with Gasteiger partial charge in [0.2, 0.25) is 11.8 Å². The van der Waals surface area contributed by atoms with Gasteiger partial charge in [0.15, 0.2) is 5.75 Å². The highest BCUT2D eigenvalue weighted by Gasteiger charge is 2.41. The van der Waals surface area contributed by atoms with Crippen molar-refractivity contribution in [2.24, 2.45) is 5.73 Å². The van der Waals surface area contributed by atoms with Gasteiger partial charge < -0.3 is 25.8 Å². The van der Waals surface area contributed by atoms with Gasteiger partial charge in [0, 0.05) is 45.7 Å². The van der Waals surface area contributed by atoms with Crippen molar-refractivity contribution in [3.63, 3.8) is 0 Å². The Kier molecular flexibility index (Phi) is 11.4. The van der Waals surface area contributed by atoms with E-state index < -0.39 is 24.0 Å². The molecule has 0 atom stereocenters. The molecular formula is C34H33Cl3N4O5S. The zero-order valence-corrected chi connectivity index (χ0v) is 28.3. The lowest BCUT2D eigenvalue weighted by atomic mass is 9.86. The third kappa shape index (κ3) is 8.09. The first kappa shape index (κ1) is 34.7. The molecular weight excluding hydrogens is 683 g/mol. The number of nitrogens with zero attached hydrogens (tertiary/aromatic N) is 1. The maximum Gasteiger partial charge on any atom is 0.267 e. The summed E-state index contributed by atoms with van der Waals surface area (Å²) in [6.45, 7) is 0.479. The highest BCUT2D eigenvalue weighted by Crippen LogP contribution is 2.50. The molecule has 9 nitrogen and oxygen atoms in total. The van der Waals surface area contributed by atoms with Gasteiger partial charge in [-0.15, -0.1) is 11.3 Å². The van der Waals surface area contributed by atoms with Crippen molar-refractivity contribution in [2.75, 3.05) is 32.8 Å². The summed E-state index contributed by atoms with van der Waals surface area (Å²) in [6, 6.07) is 22.0. The molecule has 246 valence electrons. The van der Waals surface area contributed by atoms with Crippen LogP contribution in [0.1, 0.15) is 28.1 Å². The molecule has 0 aliphatic carbocycles. The fraction of sp³-hybridized carbons (Fsp3) is 0.265. The van der Waals surface area contributed by atoms with Crippen LogP contribution in [0.25, 0.3) is 21.6 Å². The number of halogens is 3. The van der Waals surface area contributed by atoms with Crippen LogP contribution in [0.3, 0.4) is 0 Å². The van der Waals surface area contributed by atoms with Crippen LogP contribution in [0.2, 0.25) is 15.1 Å². The molecule has 0 bridgehead atoms. The minimum absolute atomic E-state index is 0.0192. The lowest BCUT2D eigenvalue weighted by Crippen LogP contribution is -2.61. The molecule has 47 heavy (non-hydrogen) atoms. The Balaban J connectivity index is 1.50. The molecule has 0 radical (unpaired) electrons. The van der Waals surface area contributed by atoms with Crippen molar-refractivity contribution in [1.82, 2.24) is 15.5 Å². The number of carbonyl (C=O) groups excluding carboxylic acids is 3. The van der Waals surface area contributed by atoms with Gasteiger partial charge in [-0.25, -0.2) is 0 Å². The molecule has 0 unspecified atom stereocenters. The molecule has 1 fully saturated rings. The SMILES string of the molecule is NC(=O)C1(NCc2ccccc2)CCN(C(=O)c2sc(-c3ccc(Cl)cc3Cl)c(-c3ccc(Cl)cc3)c2OCCNC(=O)CO)CC1. The number of likely N-dealkylation sites (tertiary alicyclic amines) is 1. The molecule has 3 aromatic carbocycles. The predicted octanol–water partition coefficient (Wildman–Crippen LogP) is 5.78. The first-order valence-corrected chi connectivity index (χ1v) is 16.8. The summed E-state index contributed by atoms with van der Waals surface area (Å²) >= 11 is 20.4. The minimum Gasteiger partial charge on any atom is -0.489 e. The predicted molar refractivity (Wildman–Crippen MR) is 186 cm³/mol. The largest absolute Gasteiger partial charge is 0.489 e. The summed E-state index contributed by atoms with van der Waals surface area (Å²) < 4.78 is 6.27. The molecule has 0 saturated carbocycles. The number of hydrogen-bond acceptors (Lipinski definition) is 7. The van der Waals surface area contributed by atoms with Crippen molar-refractivity contribution in [3.05, 3.63) is 98.3 Å². The number of rotatable bonds is 12. The summed E-state index contributed by atoms with van der Waals surface area (Å²) in [7, 11) is 0. The second-order valence-electron chi connectivity index (χ2n) is 11.0. The van der Waals surface area contributed by atoms with Gasteiger partial charge in [0.1, 0.15) is 23.6 Å². The first-order valence-electron chi connectivity index (χ1n) is 14.9.